The molecular formula is C28H26N2O4. The first kappa shape index (κ1) is 22.9. The summed E-state index contributed by atoms with van der Waals surface area (Å²) in [5, 5.41) is 6.51. The van der Waals surface area contributed by atoms with Gasteiger partial charge in [0.2, 0.25) is 11.8 Å². The van der Waals surface area contributed by atoms with Gasteiger partial charge in [-0.05, 0) is 55.3 Å². The van der Waals surface area contributed by atoms with Crippen molar-refractivity contribution in [1.29, 1.82) is 0 Å². The minimum absolute atomic E-state index is 0.148. The second-order valence-corrected chi connectivity index (χ2v) is 7.87. The zero-order chi connectivity index (χ0) is 24.1. The van der Waals surface area contributed by atoms with Gasteiger partial charge in [-0.1, -0.05) is 30.3 Å². The van der Waals surface area contributed by atoms with E-state index in [0.717, 1.165) is 33.2 Å². The number of allylic oxidation sites excluding steroid dienone is 1. The lowest BCUT2D eigenvalue weighted by Crippen LogP contribution is -2.09. The molecule has 0 unspecified atom stereocenters. The molecular weight excluding hydrogens is 428 g/mol. The van der Waals surface area contributed by atoms with E-state index in [0.29, 0.717) is 23.7 Å². The van der Waals surface area contributed by atoms with E-state index in [2.05, 4.69) is 10.6 Å². The smallest absolute Gasteiger partial charge is 0.248 e. The number of ether oxygens (including phenoxy) is 1. The fraction of sp³-hybridized carbons (Fsp3) is 0.143. The minimum atomic E-state index is -0.261. The predicted molar refractivity (Wildman–Crippen MR) is 136 cm³/mol. The third kappa shape index (κ3) is 5.18. The number of fused-ring (bicyclic) bond motifs is 1. The van der Waals surface area contributed by atoms with Gasteiger partial charge in [0.15, 0.2) is 0 Å². The summed E-state index contributed by atoms with van der Waals surface area (Å²) < 4.78 is 11.7. The monoisotopic (exact) mass is 454 g/mol. The highest BCUT2D eigenvalue weighted by Crippen LogP contribution is 2.37. The Morgan fingerprint density at radius 1 is 0.941 bits per heavy atom. The van der Waals surface area contributed by atoms with Gasteiger partial charge >= 0.3 is 0 Å². The summed E-state index contributed by atoms with van der Waals surface area (Å²) in [6.07, 6.45) is 3.30. The first-order valence-electron chi connectivity index (χ1n) is 11.1. The molecule has 0 aliphatic carbocycles. The molecule has 0 fully saturated rings. The van der Waals surface area contributed by atoms with Gasteiger partial charge in [0.1, 0.15) is 11.3 Å². The Hall–Kier alpha value is -4.32. The zero-order valence-corrected chi connectivity index (χ0v) is 19.3. The van der Waals surface area contributed by atoms with Crippen LogP contribution in [0.1, 0.15) is 26.3 Å². The third-order valence-electron chi connectivity index (χ3n) is 5.31. The maximum absolute atomic E-state index is 12.7. The molecule has 6 heteroatoms. The Labute approximate surface area is 198 Å². The van der Waals surface area contributed by atoms with Crippen molar-refractivity contribution in [2.75, 3.05) is 17.2 Å². The Kier molecular flexibility index (Phi) is 6.78. The second kappa shape index (κ2) is 10.1. The lowest BCUT2D eigenvalue weighted by atomic mass is 9.99. The molecule has 0 aliphatic rings. The van der Waals surface area contributed by atoms with Crippen LogP contribution in [0.15, 0.2) is 83.5 Å². The largest absolute Gasteiger partial charge is 0.493 e. The third-order valence-corrected chi connectivity index (χ3v) is 5.31. The van der Waals surface area contributed by atoms with E-state index in [1.807, 2.05) is 56.3 Å². The maximum Gasteiger partial charge on any atom is 0.248 e. The van der Waals surface area contributed by atoms with Crippen LogP contribution in [0.4, 0.5) is 11.4 Å². The quantitative estimate of drug-likeness (QED) is 0.312. The van der Waals surface area contributed by atoms with E-state index in [1.165, 1.54) is 6.92 Å². The highest BCUT2D eigenvalue weighted by molar-refractivity contribution is 6.05. The second-order valence-electron chi connectivity index (χ2n) is 7.87. The number of carbonyl (C=O) groups is 2. The van der Waals surface area contributed by atoms with Crippen LogP contribution in [0.2, 0.25) is 0 Å². The van der Waals surface area contributed by atoms with Crippen LogP contribution in [0.25, 0.3) is 27.7 Å². The van der Waals surface area contributed by atoms with Crippen LogP contribution < -0.4 is 15.4 Å². The molecule has 0 atom stereocenters. The molecule has 4 rings (SSSR count). The van der Waals surface area contributed by atoms with Crippen LogP contribution in [0.3, 0.4) is 0 Å². The molecule has 0 saturated heterocycles. The standard InChI is InChI=1S/C28H26N2O4/c1-4-33-26-16-27-24(25(17-34-27)20-8-6-5-7-9-20)15-23(26)18(2)14-28(32)30-22-12-10-21(11-13-22)29-19(3)31/h5-17H,4H2,1-3H3,(H,29,31)(H,30,32)/b18-14+. The number of amides is 2. The molecule has 0 spiro atoms. The number of hydrogen-bond acceptors (Lipinski definition) is 4. The summed E-state index contributed by atoms with van der Waals surface area (Å²) in [5.41, 5.74) is 5.64. The summed E-state index contributed by atoms with van der Waals surface area (Å²) >= 11 is 0. The molecule has 3 aromatic carbocycles. The summed E-state index contributed by atoms with van der Waals surface area (Å²) in [7, 11) is 0. The highest BCUT2D eigenvalue weighted by atomic mass is 16.5. The van der Waals surface area contributed by atoms with Crippen LogP contribution in [-0.4, -0.2) is 18.4 Å². The van der Waals surface area contributed by atoms with Gasteiger partial charge in [0.25, 0.3) is 0 Å². The van der Waals surface area contributed by atoms with E-state index < -0.39 is 0 Å². The molecule has 2 amide bonds. The SMILES string of the molecule is CCOc1cc2occ(-c3ccccc3)c2cc1/C(C)=C/C(=O)Nc1ccc(NC(C)=O)cc1. The van der Waals surface area contributed by atoms with Crippen molar-refractivity contribution in [2.24, 2.45) is 0 Å². The zero-order valence-electron chi connectivity index (χ0n) is 19.3. The van der Waals surface area contributed by atoms with Crippen molar-refractivity contribution in [2.45, 2.75) is 20.8 Å². The van der Waals surface area contributed by atoms with Gasteiger partial charge in [-0.3, -0.25) is 9.59 Å². The lowest BCUT2D eigenvalue weighted by Gasteiger charge is -2.12. The Morgan fingerprint density at radius 2 is 1.62 bits per heavy atom. The molecule has 34 heavy (non-hydrogen) atoms. The average molecular weight is 455 g/mol. The number of benzene rings is 3. The van der Waals surface area contributed by atoms with Gasteiger partial charge in [-0.25, -0.2) is 0 Å². The number of nitrogens with one attached hydrogen (secondary N) is 2. The van der Waals surface area contributed by atoms with Gasteiger partial charge in [-0.15, -0.1) is 0 Å². The first-order chi connectivity index (χ1) is 16.4. The fourth-order valence-corrected chi connectivity index (χ4v) is 3.77. The molecule has 172 valence electrons. The van der Waals surface area contributed by atoms with Crippen molar-refractivity contribution in [3.63, 3.8) is 0 Å². The summed E-state index contributed by atoms with van der Waals surface area (Å²) in [5.74, 6) is 0.249. The van der Waals surface area contributed by atoms with Crippen LogP contribution in [0, 0.1) is 0 Å². The van der Waals surface area contributed by atoms with Gasteiger partial charge < -0.3 is 19.8 Å². The molecule has 4 aromatic rings. The fourth-order valence-electron chi connectivity index (χ4n) is 3.77. The van der Waals surface area contributed by atoms with Crippen molar-refractivity contribution >= 4 is 39.7 Å². The Bertz CT molecular complexity index is 1350. The summed E-state index contributed by atoms with van der Waals surface area (Å²) in [6.45, 7) is 5.74. The van der Waals surface area contributed by atoms with Crippen molar-refractivity contribution in [3.05, 3.63) is 84.6 Å². The average Bonchev–Trinajstić information content (AvgIpc) is 3.23. The summed E-state index contributed by atoms with van der Waals surface area (Å²) in [4.78, 5) is 23.9. The van der Waals surface area contributed by atoms with Gasteiger partial charge in [-0.2, -0.15) is 0 Å². The van der Waals surface area contributed by atoms with E-state index in [-0.39, 0.29) is 11.8 Å². The number of anilines is 2. The number of hydrogen-bond donors (Lipinski definition) is 2. The number of carbonyl (C=O) groups excluding carboxylic acids is 2. The van der Waals surface area contributed by atoms with E-state index in [1.54, 1.807) is 36.6 Å². The normalized spacial score (nSPS) is 11.3. The van der Waals surface area contributed by atoms with Crippen molar-refractivity contribution < 1.29 is 18.7 Å². The van der Waals surface area contributed by atoms with Gasteiger partial charge in [0, 0.05) is 47.0 Å². The summed E-state index contributed by atoms with van der Waals surface area (Å²) in [6, 6.07) is 20.8. The molecule has 6 nitrogen and oxygen atoms in total. The van der Waals surface area contributed by atoms with Crippen LogP contribution in [0.5, 0.6) is 5.75 Å². The number of furan rings is 1. The van der Waals surface area contributed by atoms with E-state index in [9.17, 15) is 9.59 Å². The molecule has 0 bridgehead atoms. The predicted octanol–water partition coefficient (Wildman–Crippen LogP) is 6.50. The van der Waals surface area contributed by atoms with Crippen molar-refractivity contribution in [3.8, 4) is 16.9 Å². The van der Waals surface area contributed by atoms with Crippen LogP contribution in [-0.2, 0) is 9.59 Å². The molecule has 1 heterocycles. The maximum atomic E-state index is 12.7. The molecule has 0 radical (unpaired) electrons. The van der Waals surface area contributed by atoms with Gasteiger partial charge in [0.05, 0.1) is 12.9 Å². The highest BCUT2D eigenvalue weighted by Gasteiger charge is 2.15. The van der Waals surface area contributed by atoms with E-state index in [4.69, 9.17) is 9.15 Å². The number of rotatable bonds is 7. The first-order valence-corrected chi connectivity index (χ1v) is 11.1. The van der Waals surface area contributed by atoms with E-state index >= 15 is 0 Å². The molecule has 1 aromatic heterocycles. The lowest BCUT2D eigenvalue weighted by molar-refractivity contribution is -0.114. The van der Waals surface area contributed by atoms with Crippen LogP contribution >= 0.6 is 0 Å². The van der Waals surface area contributed by atoms with Crippen molar-refractivity contribution in [1.82, 2.24) is 0 Å². The Balaban J connectivity index is 1.63. The Morgan fingerprint density at radius 3 is 2.26 bits per heavy atom. The minimum Gasteiger partial charge on any atom is -0.493 e. The molecule has 0 aliphatic heterocycles. The topological polar surface area (TPSA) is 80.6 Å². The molecule has 2 N–H and O–H groups in total. The molecule has 0 saturated carbocycles.